The zero-order valence-corrected chi connectivity index (χ0v) is 14.7. The first-order valence-corrected chi connectivity index (χ1v) is 9.34. The number of benzene rings is 1. The molecule has 5 nitrogen and oxygen atoms in total. The molecular formula is C19H20N4OS. The van der Waals surface area contributed by atoms with Crippen molar-refractivity contribution in [2.75, 3.05) is 13.1 Å². The van der Waals surface area contributed by atoms with E-state index in [0.717, 1.165) is 35.6 Å². The van der Waals surface area contributed by atoms with Gasteiger partial charge in [-0.3, -0.25) is 4.79 Å². The van der Waals surface area contributed by atoms with E-state index < -0.39 is 0 Å². The molecule has 1 atom stereocenters. The predicted octanol–water partition coefficient (Wildman–Crippen LogP) is 3.16. The fourth-order valence-corrected chi connectivity index (χ4v) is 3.93. The molecule has 2 aromatic heterocycles. The fourth-order valence-electron chi connectivity index (χ4n) is 3.21. The number of nitrogens with two attached hydrogens (primary N) is 1. The highest BCUT2D eigenvalue weighted by Crippen LogP contribution is 2.28. The largest absolute Gasteiger partial charge is 0.336 e. The molecule has 1 amide bonds. The third kappa shape index (κ3) is 3.23. The second-order valence-corrected chi connectivity index (χ2v) is 7.24. The Hall–Kier alpha value is -2.44. The maximum absolute atomic E-state index is 12.9. The van der Waals surface area contributed by atoms with Gasteiger partial charge in [-0.1, -0.05) is 24.3 Å². The Kier molecular flexibility index (Phi) is 4.38. The topological polar surface area (TPSA) is 64.2 Å². The van der Waals surface area contributed by atoms with E-state index in [4.69, 9.17) is 5.73 Å². The third-order valence-electron chi connectivity index (χ3n) is 4.45. The smallest absolute Gasteiger partial charge is 0.274 e. The van der Waals surface area contributed by atoms with Crippen LogP contribution in [-0.2, 0) is 0 Å². The standard InChI is InChI=1S/C19H20N4OS/c20-14-6-4-10-22(13-14)19(24)16-12-17(18-9-5-11-25-18)23(21-16)15-7-2-1-3-8-15/h1-3,5,7-9,11-12,14H,4,6,10,13,20H2. The van der Waals surface area contributed by atoms with Crippen molar-refractivity contribution in [2.24, 2.45) is 5.73 Å². The van der Waals surface area contributed by atoms with Gasteiger partial charge >= 0.3 is 0 Å². The van der Waals surface area contributed by atoms with Crippen molar-refractivity contribution in [3.8, 4) is 16.3 Å². The van der Waals surface area contributed by atoms with Gasteiger partial charge in [-0.25, -0.2) is 4.68 Å². The normalized spacial score (nSPS) is 17.6. The number of carbonyl (C=O) groups is 1. The summed E-state index contributed by atoms with van der Waals surface area (Å²) >= 11 is 1.64. The molecule has 0 saturated carbocycles. The van der Waals surface area contributed by atoms with Gasteiger partial charge in [-0.05, 0) is 42.5 Å². The molecule has 25 heavy (non-hydrogen) atoms. The Morgan fingerprint density at radius 3 is 2.76 bits per heavy atom. The Morgan fingerprint density at radius 2 is 2.04 bits per heavy atom. The van der Waals surface area contributed by atoms with Crippen LogP contribution in [0.3, 0.4) is 0 Å². The van der Waals surface area contributed by atoms with E-state index in [1.165, 1.54) is 0 Å². The van der Waals surface area contributed by atoms with Crippen LogP contribution in [0, 0.1) is 0 Å². The number of amides is 1. The summed E-state index contributed by atoms with van der Waals surface area (Å²) in [7, 11) is 0. The lowest BCUT2D eigenvalue weighted by Gasteiger charge is -2.30. The highest BCUT2D eigenvalue weighted by molar-refractivity contribution is 7.13. The maximum atomic E-state index is 12.9. The Bertz CT molecular complexity index is 857. The molecule has 1 fully saturated rings. The van der Waals surface area contributed by atoms with Crippen LogP contribution in [0.15, 0.2) is 53.9 Å². The lowest BCUT2D eigenvalue weighted by Crippen LogP contribution is -2.45. The highest BCUT2D eigenvalue weighted by Gasteiger charge is 2.25. The van der Waals surface area contributed by atoms with E-state index in [1.54, 1.807) is 11.3 Å². The average molecular weight is 352 g/mol. The summed E-state index contributed by atoms with van der Waals surface area (Å²) in [6.07, 6.45) is 1.92. The number of thiophene rings is 1. The number of hydrogen-bond acceptors (Lipinski definition) is 4. The van der Waals surface area contributed by atoms with Crippen LogP contribution in [0.25, 0.3) is 16.3 Å². The van der Waals surface area contributed by atoms with Crippen molar-refractivity contribution in [3.05, 3.63) is 59.6 Å². The molecule has 1 unspecified atom stereocenters. The minimum Gasteiger partial charge on any atom is -0.336 e. The van der Waals surface area contributed by atoms with Crippen LogP contribution in [0.2, 0.25) is 0 Å². The van der Waals surface area contributed by atoms with Gasteiger partial charge in [-0.2, -0.15) is 5.10 Å². The molecule has 0 aliphatic carbocycles. The van der Waals surface area contributed by atoms with Crippen LogP contribution in [0.5, 0.6) is 0 Å². The van der Waals surface area contributed by atoms with Gasteiger partial charge in [0.2, 0.25) is 0 Å². The second-order valence-electron chi connectivity index (χ2n) is 6.29. The van der Waals surface area contributed by atoms with Crippen LogP contribution in [0.4, 0.5) is 0 Å². The number of carbonyl (C=O) groups excluding carboxylic acids is 1. The van der Waals surface area contributed by atoms with Crippen molar-refractivity contribution in [2.45, 2.75) is 18.9 Å². The highest BCUT2D eigenvalue weighted by atomic mass is 32.1. The van der Waals surface area contributed by atoms with E-state index in [9.17, 15) is 4.79 Å². The molecular weight excluding hydrogens is 332 g/mol. The molecule has 0 bridgehead atoms. The molecule has 3 aromatic rings. The first-order valence-electron chi connectivity index (χ1n) is 8.46. The quantitative estimate of drug-likeness (QED) is 0.787. The van der Waals surface area contributed by atoms with Crippen molar-refractivity contribution >= 4 is 17.2 Å². The van der Waals surface area contributed by atoms with Gasteiger partial charge in [-0.15, -0.1) is 11.3 Å². The van der Waals surface area contributed by atoms with E-state index in [1.807, 2.05) is 63.5 Å². The van der Waals surface area contributed by atoms with Crippen LogP contribution < -0.4 is 5.73 Å². The number of nitrogens with zero attached hydrogens (tertiary/aromatic N) is 3. The lowest BCUT2D eigenvalue weighted by molar-refractivity contribution is 0.0702. The van der Waals surface area contributed by atoms with Crippen molar-refractivity contribution < 1.29 is 4.79 Å². The number of para-hydroxylation sites is 1. The minimum absolute atomic E-state index is 0.0392. The van der Waals surface area contributed by atoms with E-state index in [0.29, 0.717) is 12.2 Å². The van der Waals surface area contributed by atoms with E-state index >= 15 is 0 Å². The van der Waals surface area contributed by atoms with Gasteiger partial charge in [0, 0.05) is 19.1 Å². The molecule has 6 heteroatoms. The number of aromatic nitrogens is 2. The summed E-state index contributed by atoms with van der Waals surface area (Å²) in [5.74, 6) is -0.0392. The molecule has 1 saturated heterocycles. The van der Waals surface area contributed by atoms with Gasteiger partial charge in [0.25, 0.3) is 5.91 Å². The van der Waals surface area contributed by atoms with Crippen LogP contribution >= 0.6 is 11.3 Å². The molecule has 2 N–H and O–H groups in total. The van der Waals surface area contributed by atoms with Crippen molar-refractivity contribution in [1.29, 1.82) is 0 Å². The van der Waals surface area contributed by atoms with E-state index in [2.05, 4.69) is 5.10 Å². The van der Waals surface area contributed by atoms with Gasteiger partial charge in [0.05, 0.1) is 16.3 Å². The monoisotopic (exact) mass is 352 g/mol. The van der Waals surface area contributed by atoms with Crippen molar-refractivity contribution in [3.63, 3.8) is 0 Å². The zero-order chi connectivity index (χ0) is 17.2. The molecule has 4 rings (SSSR count). The summed E-state index contributed by atoms with van der Waals surface area (Å²) < 4.78 is 1.85. The maximum Gasteiger partial charge on any atom is 0.274 e. The average Bonchev–Trinajstić information content (AvgIpc) is 3.31. The van der Waals surface area contributed by atoms with Crippen molar-refractivity contribution in [1.82, 2.24) is 14.7 Å². The number of piperidine rings is 1. The molecule has 0 radical (unpaired) electrons. The molecule has 0 spiro atoms. The first-order chi connectivity index (χ1) is 12.2. The van der Waals surface area contributed by atoms with Gasteiger partial charge < -0.3 is 10.6 Å². The first kappa shape index (κ1) is 16.1. The number of rotatable bonds is 3. The minimum atomic E-state index is -0.0392. The van der Waals surface area contributed by atoms with E-state index in [-0.39, 0.29) is 11.9 Å². The lowest BCUT2D eigenvalue weighted by atomic mass is 10.1. The number of likely N-dealkylation sites (tertiary alicyclic amines) is 1. The number of hydrogen-bond donors (Lipinski definition) is 1. The summed E-state index contributed by atoms with van der Waals surface area (Å²) in [5.41, 5.74) is 8.38. The molecule has 1 aliphatic rings. The summed E-state index contributed by atoms with van der Waals surface area (Å²) in [6.45, 7) is 1.35. The Labute approximate surface area is 150 Å². The summed E-state index contributed by atoms with van der Waals surface area (Å²) in [6, 6.07) is 15.9. The Morgan fingerprint density at radius 1 is 1.20 bits per heavy atom. The van der Waals surface area contributed by atoms with Crippen LogP contribution in [-0.4, -0.2) is 39.7 Å². The molecule has 1 aromatic carbocycles. The molecule has 128 valence electrons. The summed E-state index contributed by atoms with van der Waals surface area (Å²) in [4.78, 5) is 15.8. The molecule has 3 heterocycles. The van der Waals surface area contributed by atoms with Gasteiger partial charge in [0.15, 0.2) is 5.69 Å². The predicted molar refractivity (Wildman–Crippen MR) is 100.0 cm³/mol. The summed E-state index contributed by atoms with van der Waals surface area (Å²) in [5, 5.41) is 6.66. The third-order valence-corrected chi connectivity index (χ3v) is 5.34. The fraction of sp³-hybridized carbons (Fsp3) is 0.263. The molecule has 1 aliphatic heterocycles. The Balaban J connectivity index is 1.73. The second kappa shape index (κ2) is 6.82. The van der Waals surface area contributed by atoms with Gasteiger partial charge in [0.1, 0.15) is 0 Å². The SMILES string of the molecule is NC1CCCN(C(=O)c2cc(-c3cccs3)n(-c3ccccc3)n2)C1. The van der Waals surface area contributed by atoms with Crippen LogP contribution in [0.1, 0.15) is 23.3 Å². The zero-order valence-electron chi connectivity index (χ0n) is 13.8.